The van der Waals surface area contributed by atoms with Gasteiger partial charge in [-0.3, -0.25) is 0 Å². The van der Waals surface area contributed by atoms with Crippen molar-refractivity contribution in [3.05, 3.63) is 53.7 Å². The van der Waals surface area contributed by atoms with E-state index < -0.39 is 0 Å². The van der Waals surface area contributed by atoms with Crippen LogP contribution in [0.5, 0.6) is 0 Å². The summed E-state index contributed by atoms with van der Waals surface area (Å²) < 4.78 is 5.03. The first-order valence-corrected chi connectivity index (χ1v) is 7.28. The van der Waals surface area contributed by atoms with E-state index >= 15 is 0 Å². The van der Waals surface area contributed by atoms with Gasteiger partial charge < -0.3 is 10.5 Å². The Bertz CT molecular complexity index is 588. The minimum Gasteiger partial charge on any atom is -0.462 e. The SMILES string of the molecule is CCOC(=O)c1cc(N)cnc1SCc1ccccc1. The lowest BCUT2D eigenvalue weighted by molar-refractivity contribution is 0.0521. The lowest BCUT2D eigenvalue weighted by Gasteiger charge is -2.08. The average Bonchev–Trinajstić information content (AvgIpc) is 2.47. The number of hydrogen-bond donors (Lipinski definition) is 1. The Hall–Kier alpha value is -2.01. The Morgan fingerprint density at radius 1 is 1.35 bits per heavy atom. The molecule has 0 unspecified atom stereocenters. The molecule has 0 saturated carbocycles. The van der Waals surface area contributed by atoms with E-state index in [2.05, 4.69) is 4.98 Å². The number of benzene rings is 1. The highest BCUT2D eigenvalue weighted by atomic mass is 32.2. The van der Waals surface area contributed by atoms with Crippen LogP contribution in [0.1, 0.15) is 22.8 Å². The van der Waals surface area contributed by atoms with Crippen LogP contribution in [0.15, 0.2) is 47.6 Å². The molecule has 20 heavy (non-hydrogen) atoms. The van der Waals surface area contributed by atoms with Crippen molar-refractivity contribution in [2.24, 2.45) is 0 Å². The summed E-state index contributed by atoms with van der Waals surface area (Å²) in [5.74, 6) is 0.354. The quantitative estimate of drug-likeness (QED) is 0.676. The lowest BCUT2D eigenvalue weighted by Crippen LogP contribution is -2.08. The molecule has 0 aliphatic carbocycles. The van der Waals surface area contributed by atoms with E-state index in [4.69, 9.17) is 10.5 Å². The largest absolute Gasteiger partial charge is 0.462 e. The predicted octanol–water partition coefficient (Wildman–Crippen LogP) is 3.13. The summed E-state index contributed by atoms with van der Waals surface area (Å²) in [6.45, 7) is 2.10. The van der Waals surface area contributed by atoms with Crippen LogP contribution in [0.3, 0.4) is 0 Å². The third-order valence-electron chi connectivity index (χ3n) is 2.59. The molecule has 0 fully saturated rings. The zero-order valence-corrected chi connectivity index (χ0v) is 12.0. The van der Waals surface area contributed by atoms with Crippen LogP contribution in [0.2, 0.25) is 0 Å². The summed E-state index contributed by atoms with van der Waals surface area (Å²) in [5, 5.41) is 0.640. The van der Waals surface area contributed by atoms with Gasteiger partial charge in [0.05, 0.1) is 24.1 Å². The number of carbonyl (C=O) groups is 1. The van der Waals surface area contributed by atoms with Gasteiger partial charge in [-0.25, -0.2) is 9.78 Å². The van der Waals surface area contributed by atoms with Gasteiger partial charge in [0.1, 0.15) is 5.03 Å². The molecule has 104 valence electrons. The number of thioether (sulfide) groups is 1. The first-order chi connectivity index (χ1) is 9.70. The standard InChI is InChI=1S/C15H16N2O2S/c1-2-19-15(18)13-8-12(16)9-17-14(13)20-10-11-6-4-3-5-7-11/h3-9H,2,10,16H2,1H3. The molecule has 2 N–H and O–H groups in total. The number of esters is 1. The predicted molar refractivity (Wildman–Crippen MR) is 80.6 cm³/mol. The molecule has 1 aromatic heterocycles. The van der Waals surface area contributed by atoms with Crippen molar-refractivity contribution in [1.82, 2.24) is 4.98 Å². The summed E-state index contributed by atoms with van der Waals surface area (Å²) in [5.41, 5.74) is 7.74. The fourth-order valence-corrected chi connectivity index (χ4v) is 2.59. The van der Waals surface area contributed by atoms with Crippen LogP contribution < -0.4 is 5.73 Å². The van der Waals surface area contributed by atoms with Gasteiger partial charge >= 0.3 is 5.97 Å². The summed E-state index contributed by atoms with van der Waals surface area (Å²) in [6, 6.07) is 11.6. The van der Waals surface area contributed by atoms with Crippen molar-refractivity contribution >= 4 is 23.4 Å². The van der Waals surface area contributed by atoms with Crippen molar-refractivity contribution in [3.63, 3.8) is 0 Å². The van der Waals surface area contributed by atoms with Crippen LogP contribution in [0, 0.1) is 0 Å². The molecule has 2 aromatic rings. The highest BCUT2D eigenvalue weighted by Gasteiger charge is 2.15. The Kier molecular flexibility index (Phi) is 5.01. The van der Waals surface area contributed by atoms with Crippen LogP contribution >= 0.6 is 11.8 Å². The maximum atomic E-state index is 11.9. The van der Waals surface area contributed by atoms with Gasteiger partial charge in [-0.15, -0.1) is 11.8 Å². The fourth-order valence-electron chi connectivity index (χ4n) is 1.66. The molecule has 0 spiro atoms. The van der Waals surface area contributed by atoms with Crippen LogP contribution in [-0.4, -0.2) is 17.6 Å². The van der Waals surface area contributed by atoms with E-state index in [1.54, 1.807) is 19.2 Å². The molecule has 1 heterocycles. The monoisotopic (exact) mass is 288 g/mol. The van der Waals surface area contributed by atoms with Gasteiger partial charge in [-0.05, 0) is 18.6 Å². The van der Waals surface area contributed by atoms with E-state index in [1.165, 1.54) is 17.3 Å². The van der Waals surface area contributed by atoms with E-state index in [9.17, 15) is 4.79 Å². The van der Waals surface area contributed by atoms with Gasteiger partial charge in [0.15, 0.2) is 0 Å². The number of pyridine rings is 1. The van der Waals surface area contributed by atoms with E-state index in [-0.39, 0.29) is 5.97 Å². The van der Waals surface area contributed by atoms with Gasteiger partial charge in [0.2, 0.25) is 0 Å². The summed E-state index contributed by atoms with van der Waals surface area (Å²) >= 11 is 1.50. The van der Waals surface area contributed by atoms with Crippen LogP contribution in [0.25, 0.3) is 0 Å². The summed E-state index contributed by atoms with van der Waals surface area (Å²) in [4.78, 5) is 16.1. The highest BCUT2D eigenvalue weighted by molar-refractivity contribution is 7.98. The molecule has 0 aliphatic rings. The van der Waals surface area contributed by atoms with E-state index in [1.807, 2.05) is 30.3 Å². The van der Waals surface area contributed by atoms with Crippen molar-refractivity contribution < 1.29 is 9.53 Å². The van der Waals surface area contributed by atoms with Gasteiger partial charge in [-0.2, -0.15) is 0 Å². The highest BCUT2D eigenvalue weighted by Crippen LogP contribution is 2.26. The normalized spacial score (nSPS) is 10.2. The third-order valence-corrected chi connectivity index (χ3v) is 3.66. The maximum absolute atomic E-state index is 11.9. The molecule has 4 nitrogen and oxygen atoms in total. The number of hydrogen-bond acceptors (Lipinski definition) is 5. The van der Waals surface area contributed by atoms with Crippen LogP contribution in [0.4, 0.5) is 5.69 Å². The molecular formula is C15H16N2O2S. The van der Waals surface area contributed by atoms with E-state index in [0.29, 0.717) is 22.9 Å². The number of carbonyl (C=O) groups excluding carboxylic acids is 1. The van der Waals surface area contributed by atoms with Gasteiger partial charge in [0, 0.05) is 5.75 Å². The molecule has 0 radical (unpaired) electrons. The number of rotatable bonds is 5. The lowest BCUT2D eigenvalue weighted by atomic mass is 10.2. The number of aromatic nitrogens is 1. The Balaban J connectivity index is 2.16. The topological polar surface area (TPSA) is 65.2 Å². The molecule has 1 aromatic carbocycles. The molecule has 2 rings (SSSR count). The summed E-state index contributed by atoms with van der Waals surface area (Å²) in [7, 11) is 0. The molecule has 0 saturated heterocycles. The van der Waals surface area contributed by atoms with Crippen molar-refractivity contribution in [3.8, 4) is 0 Å². The number of ether oxygens (including phenoxy) is 1. The van der Waals surface area contributed by atoms with Crippen molar-refractivity contribution in [2.45, 2.75) is 17.7 Å². The zero-order valence-electron chi connectivity index (χ0n) is 11.2. The number of nitrogens with zero attached hydrogens (tertiary/aromatic N) is 1. The molecular weight excluding hydrogens is 272 g/mol. The zero-order chi connectivity index (χ0) is 14.4. The smallest absolute Gasteiger partial charge is 0.340 e. The second-order valence-corrected chi connectivity index (χ2v) is 5.08. The Morgan fingerprint density at radius 3 is 2.80 bits per heavy atom. The second kappa shape index (κ2) is 6.96. The van der Waals surface area contributed by atoms with Crippen LogP contribution in [-0.2, 0) is 10.5 Å². The van der Waals surface area contributed by atoms with E-state index in [0.717, 1.165) is 5.75 Å². The van der Waals surface area contributed by atoms with Gasteiger partial charge in [0.25, 0.3) is 0 Å². The molecule has 0 aliphatic heterocycles. The molecule has 0 bridgehead atoms. The Labute approximate surface area is 122 Å². The average molecular weight is 288 g/mol. The minimum atomic E-state index is -0.386. The number of nitrogen functional groups attached to an aromatic ring is 1. The third kappa shape index (κ3) is 3.74. The van der Waals surface area contributed by atoms with Gasteiger partial charge in [-0.1, -0.05) is 30.3 Å². The summed E-state index contributed by atoms with van der Waals surface area (Å²) in [6.07, 6.45) is 1.55. The minimum absolute atomic E-state index is 0.330. The molecule has 0 amide bonds. The Morgan fingerprint density at radius 2 is 2.10 bits per heavy atom. The van der Waals surface area contributed by atoms with Crippen molar-refractivity contribution in [2.75, 3.05) is 12.3 Å². The second-order valence-electron chi connectivity index (χ2n) is 4.12. The first-order valence-electron chi connectivity index (χ1n) is 6.30. The number of nitrogens with two attached hydrogens (primary N) is 1. The first kappa shape index (κ1) is 14.4. The number of anilines is 1. The molecule has 0 atom stereocenters. The maximum Gasteiger partial charge on any atom is 0.340 e. The molecule has 5 heteroatoms. The van der Waals surface area contributed by atoms with Crippen molar-refractivity contribution in [1.29, 1.82) is 0 Å². The fraction of sp³-hybridized carbons (Fsp3) is 0.200.